The first-order valence-electron chi connectivity index (χ1n) is 7.67. The molecular formula is C14H29CaNO4S. The van der Waals surface area contributed by atoms with Gasteiger partial charge in [0.05, 0.1) is 5.75 Å². The molecule has 0 saturated carbocycles. The first kappa shape index (κ1) is 23.9. The van der Waals surface area contributed by atoms with Gasteiger partial charge in [0.1, 0.15) is 0 Å². The summed E-state index contributed by atoms with van der Waals surface area (Å²) in [5, 5.41) is 2.49. The molecule has 0 fully saturated rings. The van der Waals surface area contributed by atoms with Gasteiger partial charge < -0.3 is 5.32 Å². The molecule has 0 bridgehead atoms. The van der Waals surface area contributed by atoms with Crippen LogP contribution >= 0.6 is 0 Å². The Bertz CT molecular complexity index is 347. The molecule has 21 heavy (non-hydrogen) atoms. The molecule has 0 aliphatic carbocycles. The molecule has 0 heterocycles. The van der Waals surface area contributed by atoms with Gasteiger partial charge in [0, 0.05) is 50.7 Å². The van der Waals surface area contributed by atoms with Crippen molar-refractivity contribution in [2.45, 2.75) is 71.1 Å². The van der Waals surface area contributed by atoms with Crippen molar-refractivity contribution >= 4 is 53.8 Å². The standard InChI is InChI=1S/C14H29NO4S.Ca/c1-2-3-4-5-6-7-8-9-10-11-14(16)15-12-13-20(17,18)19;/h2-13H2,1H3,(H,15,16)(H,17,18,19);. The van der Waals surface area contributed by atoms with Crippen LogP contribution in [0.25, 0.3) is 0 Å². The fraction of sp³-hybridized carbons (Fsp3) is 0.929. The maximum atomic E-state index is 11.3. The molecule has 2 radical (unpaired) electrons. The van der Waals surface area contributed by atoms with E-state index >= 15 is 0 Å². The van der Waals surface area contributed by atoms with Crippen LogP contribution in [0, 0.1) is 0 Å². The number of unbranched alkanes of at least 4 members (excludes halogenated alkanes) is 8. The van der Waals surface area contributed by atoms with Gasteiger partial charge in [-0.05, 0) is 6.42 Å². The van der Waals surface area contributed by atoms with Crippen molar-refractivity contribution in [1.82, 2.24) is 5.32 Å². The number of carbonyl (C=O) groups is 1. The normalized spacial score (nSPS) is 11.0. The smallest absolute Gasteiger partial charge is 0.266 e. The second-order valence-electron chi connectivity index (χ2n) is 5.21. The topological polar surface area (TPSA) is 83.5 Å². The van der Waals surface area contributed by atoms with E-state index in [0.717, 1.165) is 19.3 Å². The predicted octanol–water partition coefficient (Wildman–Crippen LogP) is 2.53. The summed E-state index contributed by atoms with van der Waals surface area (Å²) in [6.45, 7) is 2.19. The first-order valence-corrected chi connectivity index (χ1v) is 9.28. The van der Waals surface area contributed by atoms with Crippen molar-refractivity contribution in [3.63, 3.8) is 0 Å². The van der Waals surface area contributed by atoms with E-state index in [4.69, 9.17) is 4.55 Å². The number of nitrogens with one attached hydrogen (secondary N) is 1. The summed E-state index contributed by atoms with van der Waals surface area (Å²) in [6.07, 6.45) is 11.2. The third kappa shape index (κ3) is 20.6. The first-order chi connectivity index (χ1) is 9.45. The van der Waals surface area contributed by atoms with Gasteiger partial charge in [-0.1, -0.05) is 58.3 Å². The minimum Gasteiger partial charge on any atom is -0.355 e. The molecule has 0 spiro atoms. The Balaban J connectivity index is 0. The van der Waals surface area contributed by atoms with Gasteiger partial charge in [0.15, 0.2) is 0 Å². The summed E-state index contributed by atoms with van der Waals surface area (Å²) in [5.41, 5.74) is 0. The zero-order chi connectivity index (χ0) is 15.3. The van der Waals surface area contributed by atoms with Crippen molar-refractivity contribution < 1.29 is 17.8 Å². The van der Waals surface area contributed by atoms with E-state index in [1.54, 1.807) is 0 Å². The zero-order valence-electron chi connectivity index (χ0n) is 13.3. The molecular weight excluding hydrogens is 318 g/mol. The van der Waals surface area contributed by atoms with E-state index < -0.39 is 15.9 Å². The Hall–Kier alpha value is 0.640. The Labute approximate surface area is 159 Å². The minimum absolute atomic E-state index is 0. The molecule has 7 heteroatoms. The van der Waals surface area contributed by atoms with E-state index in [1.165, 1.54) is 38.5 Å². The summed E-state index contributed by atoms with van der Waals surface area (Å²) in [4.78, 5) is 11.3. The van der Waals surface area contributed by atoms with Crippen LogP contribution in [0.5, 0.6) is 0 Å². The summed E-state index contributed by atoms with van der Waals surface area (Å²) in [7, 11) is -3.98. The molecule has 1 amide bonds. The van der Waals surface area contributed by atoms with Gasteiger partial charge in [-0.3, -0.25) is 9.35 Å². The van der Waals surface area contributed by atoms with Gasteiger partial charge in [0.25, 0.3) is 10.1 Å². The average molecular weight is 348 g/mol. The van der Waals surface area contributed by atoms with E-state index in [0.29, 0.717) is 6.42 Å². The minimum atomic E-state index is -3.98. The number of rotatable bonds is 13. The molecule has 0 aromatic heterocycles. The van der Waals surface area contributed by atoms with E-state index in [-0.39, 0.29) is 50.2 Å². The Morgan fingerprint density at radius 2 is 1.43 bits per heavy atom. The molecule has 0 atom stereocenters. The summed E-state index contributed by atoms with van der Waals surface area (Å²) < 4.78 is 29.4. The average Bonchev–Trinajstić information content (AvgIpc) is 2.35. The van der Waals surface area contributed by atoms with Crippen molar-refractivity contribution in [2.75, 3.05) is 12.3 Å². The number of amides is 1. The fourth-order valence-electron chi connectivity index (χ4n) is 2.00. The summed E-state index contributed by atoms with van der Waals surface area (Å²) in [6, 6.07) is 0. The fourth-order valence-corrected chi connectivity index (χ4v) is 2.36. The summed E-state index contributed by atoms with van der Waals surface area (Å²) in [5.74, 6) is -0.562. The quantitative estimate of drug-likeness (QED) is 0.305. The van der Waals surface area contributed by atoms with Crippen LogP contribution in [0.15, 0.2) is 0 Å². The maximum absolute atomic E-state index is 11.3. The Morgan fingerprint density at radius 1 is 0.952 bits per heavy atom. The molecule has 2 N–H and O–H groups in total. The zero-order valence-corrected chi connectivity index (χ0v) is 16.3. The molecule has 0 aliphatic heterocycles. The molecule has 0 aliphatic rings. The SMILES string of the molecule is CCCCCCCCCCCC(=O)NCCS(=O)(=O)O.[Ca]. The Kier molecular flexibility index (Phi) is 17.7. The van der Waals surface area contributed by atoms with Crippen LogP contribution in [0.3, 0.4) is 0 Å². The van der Waals surface area contributed by atoms with Gasteiger partial charge in [-0.2, -0.15) is 8.42 Å². The number of hydrogen-bond donors (Lipinski definition) is 2. The number of hydrogen-bond acceptors (Lipinski definition) is 3. The van der Waals surface area contributed by atoms with Gasteiger partial charge in [0.2, 0.25) is 5.91 Å². The number of carbonyl (C=O) groups excluding carboxylic acids is 1. The maximum Gasteiger partial charge on any atom is 0.266 e. The van der Waals surface area contributed by atoms with E-state index in [9.17, 15) is 13.2 Å². The molecule has 0 saturated heterocycles. The van der Waals surface area contributed by atoms with Crippen molar-refractivity contribution in [3.8, 4) is 0 Å². The summed E-state index contributed by atoms with van der Waals surface area (Å²) >= 11 is 0. The largest absolute Gasteiger partial charge is 0.355 e. The van der Waals surface area contributed by atoms with Crippen molar-refractivity contribution in [1.29, 1.82) is 0 Å². The second kappa shape index (κ2) is 15.5. The van der Waals surface area contributed by atoms with Crippen LogP contribution < -0.4 is 5.32 Å². The predicted molar refractivity (Wildman–Crippen MR) is 87.0 cm³/mol. The van der Waals surface area contributed by atoms with Crippen LogP contribution in [0.1, 0.15) is 71.1 Å². The van der Waals surface area contributed by atoms with Crippen molar-refractivity contribution in [2.24, 2.45) is 0 Å². The van der Waals surface area contributed by atoms with E-state index in [1.807, 2.05) is 0 Å². The molecule has 0 aromatic rings. The molecule has 0 unspecified atom stereocenters. The monoisotopic (exact) mass is 347 g/mol. The van der Waals surface area contributed by atoms with Crippen LogP contribution in [0.2, 0.25) is 0 Å². The van der Waals surface area contributed by atoms with Crippen LogP contribution in [0.4, 0.5) is 0 Å². The van der Waals surface area contributed by atoms with Gasteiger partial charge in [-0.25, -0.2) is 0 Å². The van der Waals surface area contributed by atoms with Crippen LogP contribution in [-0.2, 0) is 14.9 Å². The molecule has 0 aromatic carbocycles. The second-order valence-corrected chi connectivity index (χ2v) is 6.79. The molecule has 0 rings (SSSR count). The molecule has 5 nitrogen and oxygen atoms in total. The molecule has 122 valence electrons. The third-order valence-electron chi connectivity index (χ3n) is 3.19. The Morgan fingerprint density at radius 3 is 1.90 bits per heavy atom. The van der Waals surface area contributed by atoms with Crippen molar-refractivity contribution in [3.05, 3.63) is 0 Å². The van der Waals surface area contributed by atoms with Gasteiger partial charge in [-0.15, -0.1) is 0 Å². The third-order valence-corrected chi connectivity index (χ3v) is 3.91. The van der Waals surface area contributed by atoms with Crippen LogP contribution in [-0.4, -0.2) is 68.9 Å². The van der Waals surface area contributed by atoms with E-state index in [2.05, 4.69) is 12.2 Å². The van der Waals surface area contributed by atoms with Gasteiger partial charge >= 0.3 is 0 Å².